The molecule has 0 saturated heterocycles. The lowest BCUT2D eigenvalue weighted by Crippen LogP contribution is -2.40. The summed E-state index contributed by atoms with van der Waals surface area (Å²) in [5.41, 5.74) is 0. The minimum Gasteiger partial charge on any atom is -0.454 e. The van der Waals surface area contributed by atoms with Gasteiger partial charge in [-0.05, 0) is 31.2 Å². The molecule has 0 aliphatic rings. The molecule has 1 aromatic carbocycles. The van der Waals surface area contributed by atoms with Crippen LogP contribution in [0.3, 0.4) is 0 Å². The monoisotopic (exact) mass is 334 g/mol. The Morgan fingerprint density at radius 1 is 1.29 bits per heavy atom. The van der Waals surface area contributed by atoms with E-state index in [4.69, 9.17) is 11.6 Å². The van der Waals surface area contributed by atoms with E-state index >= 15 is 0 Å². The summed E-state index contributed by atoms with van der Waals surface area (Å²) in [6, 6.07) is 4.34. The molecule has 21 heavy (non-hydrogen) atoms. The van der Waals surface area contributed by atoms with Crippen molar-refractivity contribution in [3.63, 3.8) is 0 Å². The number of carbonyl (C=O) groups is 2. The van der Waals surface area contributed by atoms with Crippen molar-refractivity contribution in [3.8, 4) is 0 Å². The number of hydrogen-bond donors (Lipinski definition) is 2. The van der Waals surface area contributed by atoms with Gasteiger partial charge >= 0.3 is 5.97 Å². The molecular formula is C12H15ClN2O5S. The Balaban J connectivity index is 2.68. The van der Waals surface area contributed by atoms with Gasteiger partial charge in [0.2, 0.25) is 10.0 Å². The highest BCUT2D eigenvalue weighted by Crippen LogP contribution is 2.14. The van der Waals surface area contributed by atoms with Gasteiger partial charge in [0.25, 0.3) is 5.91 Å². The zero-order valence-electron chi connectivity index (χ0n) is 11.4. The Hall–Kier alpha value is -1.64. The molecule has 2 N–H and O–H groups in total. The largest absolute Gasteiger partial charge is 0.454 e. The van der Waals surface area contributed by atoms with Gasteiger partial charge in [-0.1, -0.05) is 11.6 Å². The lowest BCUT2D eigenvalue weighted by Gasteiger charge is -2.13. The van der Waals surface area contributed by atoms with Crippen molar-refractivity contribution >= 4 is 33.5 Å². The van der Waals surface area contributed by atoms with Gasteiger partial charge in [0, 0.05) is 12.1 Å². The number of hydrogen-bond acceptors (Lipinski definition) is 5. The number of rotatable bonds is 6. The standard InChI is InChI=1S/C12H15ClN2O5S/c1-8(12(17)20-7-11(16)14-2)15-21(18,19)10-5-3-9(13)4-6-10/h3-6,8,15H,7H2,1-2H3,(H,14,16)/t8-/m0/s1. The van der Waals surface area contributed by atoms with Crippen molar-refractivity contribution in [2.24, 2.45) is 0 Å². The topological polar surface area (TPSA) is 102 Å². The number of likely N-dealkylation sites (N-methyl/N-ethyl adjacent to an activating group) is 1. The predicted molar refractivity (Wildman–Crippen MR) is 76.3 cm³/mol. The highest BCUT2D eigenvalue weighted by atomic mass is 35.5. The minimum atomic E-state index is -3.88. The molecule has 116 valence electrons. The molecule has 1 atom stereocenters. The summed E-state index contributed by atoms with van der Waals surface area (Å²) in [5, 5.41) is 2.67. The molecular weight excluding hydrogens is 320 g/mol. The quantitative estimate of drug-likeness (QED) is 0.728. The van der Waals surface area contributed by atoms with Crippen molar-refractivity contribution in [3.05, 3.63) is 29.3 Å². The van der Waals surface area contributed by atoms with Gasteiger partial charge in [-0.2, -0.15) is 4.72 Å². The van der Waals surface area contributed by atoms with Gasteiger partial charge in [0.05, 0.1) is 4.90 Å². The molecule has 1 aromatic rings. The maximum Gasteiger partial charge on any atom is 0.324 e. The van der Waals surface area contributed by atoms with Crippen molar-refractivity contribution in [2.75, 3.05) is 13.7 Å². The molecule has 0 aliphatic heterocycles. The highest BCUT2D eigenvalue weighted by Gasteiger charge is 2.23. The second-order valence-corrected chi connectivity index (χ2v) is 6.23. The number of benzene rings is 1. The van der Waals surface area contributed by atoms with E-state index in [1.165, 1.54) is 38.2 Å². The van der Waals surface area contributed by atoms with Crippen LogP contribution in [-0.2, 0) is 24.3 Å². The van der Waals surface area contributed by atoms with Crippen LogP contribution < -0.4 is 10.0 Å². The number of carbonyl (C=O) groups excluding carboxylic acids is 2. The molecule has 1 rings (SSSR count). The summed E-state index contributed by atoms with van der Waals surface area (Å²) in [7, 11) is -2.48. The molecule has 7 nitrogen and oxygen atoms in total. The number of sulfonamides is 1. The lowest BCUT2D eigenvalue weighted by molar-refractivity contribution is -0.149. The predicted octanol–water partition coefficient (Wildman–Crippen LogP) is 0.296. The van der Waals surface area contributed by atoms with Crippen LogP contribution >= 0.6 is 11.6 Å². The summed E-state index contributed by atoms with van der Waals surface area (Å²) in [6.45, 7) is 0.849. The fourth-order valence-corrected chi connectivity index (χ4v) is 2.61. The van der Waals surface area contributed by atoms with Crippen molar-refractivity contribution in [1.82, 2.24) is 10.0 Å². The van der Waals surface area contributed by atoms with Gasteiger partial charge in [0.15, 0.2) is 6.61 Å². The SMILES string of the molecule is CNC(=O)COC(=O)[C@H](C)NS(=O)(=O)c1ccc(Cl)cc1. The third-order valence-electron chi connectivity index (χ3n) is 2.43. The average Bonchev–Trinajstić information content (AvgIpc) is 2.44. The molecule has 0 unspecified atom stereocenters. The summed E-state index contributed by atoms with van der Waals surface area (Å²) < 4.78 is 30.8. The van der Waals surface area contributed by atoms with Crippen LogP contribution in [0.4, 0.5) is 0 Å². The van der Waals surface area contributed by atoms with E-state index in [0.29, 0.717) is 5.02 Å². The van der Waals surface area contributed by atoms with E-state index in [1.807, 2.05) is 0 Å². The number of esters is 1. The van der Waals surface area contributed by atoms with Gasteiger partial charge in [-0.3, -0.25) is 9.59 Å². The van der Waals surface area contributed by atoms with Gasteiger partial charge < -0.3 is 10.1 Å². The molecule has 0 saturated carbocycles. The molecule has 0 bridgehead atoms. The summed E-state index contributed by atoms with van der Waals surface area (Å²) >= 11 is 5.68. The zero-order chi connectivity index (χ0) is 16.0. The molecule has 0 aliphatic carbocycles. The number of nitrogens with one attached hydrogen (secondary N) is 2. The average molecular weight is 335 g/mol. The Morgan fingerprint density at radius 2 is 1.86 bits per heavy atom. The molecule has 0 fully saturated rings. The summed E-state index contributed by atoms with van der Waals surface area (Å²) in [5.74, 6) is -1.34. The second kappa shape index (κ2) is 7.39. The maximum absolute atomic E-state index is 12.0. The van der Waals surface area contributed by atoms with Crippen LogP contribution in [0.2, 0.25) is 5.02 Å². The molecule has 0 aromatic heterocycles. The lowest BCUT2D eigenvalue weighted by atomic mass is 10.4. The zero-order valence-corrected chi connectivity index (χ0v) is 13.0. The van der Waals surface area contributed by atoms with Crippen LogP contribution in [0.15, 0.2) is 29.2 Å². The Bertz CT molecular complexity index is 615. The van der Waals surface area contributed by atoms with Crippen LogP contribution in [0.5, 0.6) is 0 Å². The molecule has 0 heterocycles. The van der Waals surface area contributed by atoms with Crippen LogP contribution in [0, 0.1) is 0 Å². The van der Waals surface area contributed by atoms with Crippen molar-refractivity contribution in [2.45, 2.75) is 17.9 Å². The Labute approximate surface area is 127 Å². The second-order valence-electron chi connectivity index (χ2n) is 4.08. The van der Waals surface area contributed by atoms with Gasteiger partial charge in [-0.15, -0.1) is 0 Å². The number of ether oxygens (including phenoxy) is 1. The smallest absolute Gasteiger partial charge is 0.324 e. The number of halogens is 1. The Kier molecular flexibility index (Phi) is 6.13. The van der Waals surface area contributed by atoms with Gasteiger partial charge in [0.1, 0.15) is 6.04 Å². The minimum absolute atomic E-state index is 0.0298. The van der Waals surface area contributed by atoms with E-state index in [2.05, 4.69) is 14.8 Å². The van der Waals surface area contributed by atoms with E-state index in [-0.39, 0.29) is 4.90 Å². The van der Waals surface area contributed by atoms with Crippen LogP contribution in [0.25, 0.3) is 0 Å². The summed E-state index contributed by atoms with van der Waals surface area (Å²) in [4.78, 5) is 22.5. The third-order valence-corrected chi connectivity index (χ3v) is 4.24. The fraction of sp³-hybridized carbons (Fsp3) is 0.333. The molecule has 0 radical (unpaired) electrons. The van der Waals surface area contributed by atoms with E-state index in [1.54, 1.807) is 0 Å². The van der Waals surface area contributed by atoms with Gasteiger partial charge in [-0.25, -0.2) is 8.42 Å². The first-order chi connectivity index (χ1) is 9.76. The third kappa shape index (κ3) is 5.33. The summed E-state index contributed by atoms with van der Waals surface area (Å²) in [6.07, 6.45) is 0. The molecule has 0 spiro atoms. The Morgan fingerprint density at radius 3 is 2.38 bits per heavy atom. The van der Waals surface area contributed by atoms with E-state index in [9.17, 15) is 18.0 Å². The normalized spacial score (nSPS) is 12.5. The fourth-order valence-electron chi connectivity index (χ4n) is 1.30. The molecule has 1 amide bonds. The van der Waals surface area contributed by atoms with Crippen molar-refractivity contribution < 1.29 is 22.7 Å². The van der Waals surface area contributed by atoms with E-state index < -0.39 is 34.5 Å². The van der Waals surface area contributed by atoms with E-state index in [0.717, 1.165) is 0 Å². The highest BCUT2D eigenvalue weighted by molar-refractivity contribution is 7.89. The number of amides is 1. The first kappa shape index (κ1) is 17.4. The first-order valence-corrected chi connectivity index (χ1v) is 7.77. The van der Waals surface area contributed by atoms with Crippen molar-refractivity contribution in [1.29, 1.82) is 0 Å². The first-order valence-electron chi connectivity index (χ1n) is 5.91. The maximum atomic E-state index is 12.0. The van der Waals surface area contributed by atoms with Crippen LogP contribution in [0.1, 0.15) is 6.92 Å². The van der Waals surface area contributed by atoms with Crippen LogP contribution in [-0.4, -0.2) is 40.0 Å². The molecule has 9 heteroatoms.